The number of nitrogens with one attached hydrogen (secondary N) is 2. The van der Waals surface area contributed by atoms with Gasteiger partial charge in [0.05, 0.1) is 13.2 Å². The number of hydrogen-bond donors (Lipinski definition) is 2. The maximum atomic E-state index is 5.74. The van der Waals surface area contributed by atoms with E-state index in [2.05, 4.69) is 46.0 Å². The number of halogens is 1. The van der Waals surface area contributed by atoms with Gasteiger partial charge in [-0.1, -0.05) is 36.4 Å². The predicted octanol–water partition coefficient (Wildman–Crippen LogP) is 3.37. The molecule has 0 spiro atoms. The molecule has 140 valence electrons. The molecular formula is C20H26IN3O2. The van der Waals surface area contributed by atoms with Crippen LogP contribution in [0.2, 0.25) is 0 Å². The van der Waals surface area contributed by atoms with Crippen molar-refractivity contribution in [2.45, 2.75) is 19.4 Å². The maximum absolute atomic E-state index is 5.74. The van der Waals surface area contributed by atoms with Gasteiger partial charge in [-0.3, -0.25) is 4.99 Å². The van der Waals surface area contributed by atoms with E-state index in [1.165, 1.54) is 5.56 Å². The second-order valence-corrected chi connectivity index (χ2v) is 5.92. The first-order valence-electron chi connectivity index (χ1n) is 8.72. The van der Waals surface area contributed by atoms with Crippen LogP contribution in [0.5, 0.6) is 11.5 Å². The van der Waals surface area contributed by atoms with Gasteiger partial charge in [0.25, 0.3) is 0 Å². The van der Waals surface area contributed by atoms with Gasteiger partial charge in [0, 0.05) is 26.6 Å². The quantitative estimate of drug-likeness (QED) is 0.403. The van der Waals surface area contributed by atoms with Crippen LogP contribution in [0.4, 0.5) is 0 Å². The van der Waals surface area contributed by atoms with Crippen molar-refractivity contribution >= 4 is 29.9 Å². The van der Waals surface area contributed by atoms with Crippen LogP contribution in [0.3, 0.4) is 0 Å². The lowest BCUT2D eigenvalue weighted by Gasteiger charge is -2.13. The van der Waals surface area contributed by atoms with E-state index >= 15 is 0 Å². The van der Waals surface area contributed by atoms with Crippen molar-refractivity contribution < 1.29 is 9.47 Å². The van der Waals surface area contributed by atoms with Gasteiger partial charge < -0.3 is 20.1 Å². The molecule has 5 nitrogen and oxygen atoms in total. The van der Waals surface area contributed by atoms with E-state index in [0.29, 0.717) is 19.8 Å². The van der Waals surface area contributed by atoms with E-state index in [4.69, 9.17) is 9.47 Å². The number of guanidine groups is 1. The van der Waals surface area contributed by atoms with Crippen LogP contribution >= 0.6 is 24.0 Å². The molecular weight excluding hydrogens is 441 g/mol. The lowest BCUT2D eigenvalue weighted by Crippen LogP contribution is -2.37. The minimum atomic E-state index is 0. The van der Waals surface area contributed by atoms with Crippen molar-refractivity contribution in [1.29, 1.82) is 0 Å². The second-order valence-electron chi connectivity index (χ2n) is 5.92. The number of benzene rings is 2. The molecule has 1 heterocycles. The zero-order valence-corrected chi connectivity index (χ0v) is 17.4. The Labute approximate surface area is 172 Å². The Morgan fingerprint density at radius 2 is 1.73 bits per heavy atom. The molecule has 3 rings (SSSR count). The van der Waals surface area contributed by atoms with Crippen LogP contribution in [0.15, 0.2) is 53.5 Å². The average molecular weight is 467 g/mol. The molecule has 0 aromatic heterocycles. The van der Waals surface area contributed by atoms with Crippen LogP contribution in [0.25, 0.3) is 0 Å². The average Bonchev–Trinajstić information content (AvgIpc) is 2.90. The fourth-order valence-electron chi connectivity index (χ4n) is 2.69. The molecule has 0 radical (unpaired) electrons. The summed E-state index contributed by atoms with van der Waals surface area (Å²) >= 11 is 0. The lowest BCUT2D eigenvalue weighted by molar-refractivity contribution is 0.297. The summed E-state index contributed by atoms with van der Waals surface area (Å²) in [6.07, 6.45) is 1.88. The van der Waals surface area contributed by atoms with E-state index in [-0.39, 0.29) is 24.0 Å². The molecule has 2 aromatic rings. The Kier molecular flexibility index (Phi) is 8.53. The van der Waals surface area contributed by atoms with Crippen molar-refractivity contribution in [3.05, 3.63) is 59.7 Å². The molecule has 0 aliphatic carbocycles. The van der Waals surface area contributed by atoms with E-state index in [9.17, 15) is 0 Å². The van der Waals surface area contributed by atoms with E-state index < -0.39 is 0 Å². The summed E-state index contributed by atoms with van der Waals surface area (Å²) in [6.45, 7) is 2.93. The van der Waals surface area contributed by atoms with Crippen molar-refractivity contribution in [2.24, 2.45) is 4.99 Å². The molecule has 0 saturated heterocycles. The monoisotopic (exact) mass is 467 g/mol. The summed E-state index contributed by atoms with van der Waals surface area (Å²) in [5, 5.41) is 6.68. The first-order valence-corrected chi connectivity index (χ1v) is 8.72. The third-order valence-electron chi connectivity index (χ3n) is 4.04. The highest BCUT2D eigenvalue weighted by atomic mass is 127. The van der Waals surface area contributed by atoms with Crippen LogP contribution in [0, 0.1) is 0 Å². The fraction of sp³-hybridized carbons (Fsp3) is 0.350. The molecule has 0 amide bonds. The van der Waals surface area contributed by atoms with Gasteiger partial charge >= 0.3 is 0 Å². The largest absolute Gasteiger partial charge is 0.490 e. The summed E-state index contributed by atoms with van der Waals surface area (Å²) in [6, 6.07) is 16.5. The highest BCUT2D eigenvalue weighted by molar-refractivity contribution is 14.0. The Balaban J connectivity index is 0.00000243. The number of nitrogens with zero attached hydrogens (tertiary/aromatic N) is 1. The topological polar surface area (TPSA) is 54.9 Å². The summed E-state index contributed by atoms with van der Waals surface area (Å²) in [5.41, 5.74) is 2.45. The fourth-order valence-corrected chi connectivity index (χ4v) is 2.69. The van der Waals surface area contributed by atoms with Crippen LogP contribution < -0.4 is 20.1 Å². The summed E-state index contributed by atoms with van der Waals surface area (Å²) in [5.74, 6) is 2.44. The van der Waals surface area contributed by atoms with E-state index in [1.54, 1.807) is 7.05 Å². The van der Waals surface area contributed by atoms with Crippen LogP contribution in [-0.4, -0.2) is 32.8 Å². The highest BCUT2D eigenvalue weighted by Gasteiger charge is 2.10. The molecule has 1 aliphatic heterocycles. The van der Waals surface area contributed by atoms with Crippen molar-refractivity contribution in [1.82, 2.24) is 10.6 Å². The van der Waals surface area contributed by atoms with Gasteiger partial charge in [0.15, 0.2) is 17.5 Å². The molecule has 0 fully saturated rings. The normalized spacial score (nSPS) is 13.3. The Bertz CT molecular complexity index is 707. The second kappa shape index (κ2) is 10.9. The minimum absolute atomic E-state index is 0. The van der Waals surface area contributed by atoms with Gasteiger partial charge in [0.2, 0.25) is 0 Å². The van der Waals surface area contributed by atoms with Crippen molar-refractivity contribution in [3.8, 4) is 11.5 Å². The maximum Gasteiger partial charge on any atom is 0.191 e. The predicted molar refractivity (Wildman–Crippen MR) is 116 cm³/mol. The van der Waals surface area contributed by atoms with Crippen molar-refractivity contribution in [2.75, 3.05) is 26.8 Å². The number of hydrogen-bond acceptors (Lipinski definition) is 3. The van der Waals surface area contributed by atoms with Gasteiger partial charge in [-0.15, -0.1) is 24.0 Å². The molecule has 0 saturated carbocycles. The van der Waals surface area contributed by atoms with Gasteiger partial charge in [-0.2, -0.15) is 0 Å². The summed E-state index contributed by atoms with van der Waals surface area (Å²) < 4.78 is 11.4. The third kappa shape index (κ3) is 6.09. The number of rotatable bonds is 5. The number of aliphatic imine (C=N–C) groups is 1. The zero-order valence-electron chi connectivity index (χ0n) is 15.0. The lowest BCUT2D eigenvalue weighted by atomic mass is 10.1. The number of fused-ring (bicyclic) bond motifs is 1. The highest BCUT2D eigenvalue weighted by Crippen LogP contribution is 2.30. The molecule has 26 heavy (non-hydrogen) atoms. The third-order valence-corrected chi connectivity index (χ3v) is 4.04. The first-order chi connectivity index (χ1) is 12.3. The molecule has 2 aromatic carbocycles. The van der Waals surface area contributed by atoms with E-state index in [0.717, 1.165) is 42.4 Å². The van der Waals surface area contributed by atoms with Crippen LogP contribution in [0.1, 0.15) is 17.5 Å². The smallest absolute Gasteiger partial charge is 0.191 e. The molecule has 0 atom stereocenters. The van der Waals surface area contributed by atoms with Gasteiger partial charge in [-0.05, 0) is 29.7 Å². The Morgan fingerprint density at radius 1 is 0.962 bits per heavy atom. The Morgan fingerprint density at radius 3 is 2.50 bits per heavy atom. The van der Waals surface area contributed by atoms with Crippen molar-refractivity contribution in [3.63, 3.8) is 0 Å². The SMILES string of the molecule is CN=C(NCCc1ccccc1)NCc1ccc2c(c1)OCCCO2.I. The van der Waals surface area contributed by atoms with Crippen LogP contribution in [-0.2, 0) is 13.0 Å². The minimum Gasteiger partial charge on any atom is -0.490 e. The molecule has 6 heteroatoms. The Hall–Kier alpha value is -1.96. The van der Waals surface area contributed by atoms with Gasteiger partial charge in [-0.25, -0.2) is 0 Å². The van der Waals surface area contributed by atoms with Gasteiger partial charge in [0.1, 0.15) is 0 Å². The molecule has 1 aliphatic rings. The molecule has 0 unspecified atom stereocenters. The standard InChI is InChI=1S/C20H25N3O2.HI/c1-21-20(22-11-10-16-6-3-2-4-7-16)23-15-17-8-9-18-19(14-17)25-13-5-12-24-18;/h2-4,6-9,14H,5,10-13,15H2,1H3,(H2,21,22,23);1H. The first kappa shape index (κ1) is 20.4. The zero-order chi connectivity index (χ0) is 17.3. The van der Waals surface area contributed by atoms with E-state index in [1.807, 2.05) is 18.2 Å². The number of ether oxygens (including phenoxy) is 2. The summed E-state index contributed by atoms with van der Waals surface area (Å²) in [7, 11) is 1.78. The summed E-state index contributed by atoms with van der Waals surface area (Å²) in [4.78, 5) is 4.28. The molecule has 0 bridgehead atoms. The molecule has 2 N–H and O–H groups in total.